The van der Waals surface area contributed by atoms with Crippen molar-refractivity contribution in [1.29, 1.82) is 0 Å². The van der Waals surface area contributed by atoms with E-state index in [2.05, 4.69) is 77.2 Å². The Bertz CT molecular complexity index is 880. The molecule has 0 bridgehead atoms. The van der Waals surface area contributed by atoms with Crippen molar-refractivity contribution in [2.24, 2.45) is 10.9 Å². The van der Waals surface area contributed by atoms with Crippen LogP contribution in [-0.2, 0) is 0 Å². The first-order valence-corrected chi connectivity index (χ1v) is 9.46. The van der Waals surface area contributed by atoms with Crippen molar-refractivity contribution in [3.8, 4) is 0 Å². The Morgan fingerprint density at radius 3 is 2.44 bits per heavy atom. The molecular weight excluding hydrogens is 302 g/mol. The van der Waals surface area contributed by atoms with Gasteiger partial charge in [-0.25, -0.2) is 0 Å². The molecule has 0 saturated heterocycles. The number of rotatable bonds is 5. The zero-order valence-electron chi connectivity index (χ0n) is 16.2. The van der Waals surface area contributed by atoms with Gasteiger partial charge in [-0.05, 0) is 60.2 Å². The van der Waals surface area contributed by atoms with Crippen LogP contribution < -0.4 is 0 Å². The van der Waals surface area contributed by atoms with Gasteiger partial charge in [0.25, 0.3) is 0 Å². The van der Waals surface area contributed by atoms with Crippen LogP contribution in [0.2, 0.25) is 0 Å². The highest BCUT2D eigenvalue weighted by atomic mass is 14.7. The first-order valence-electron chi connectivity index (χ1n) is 9.46. The van der Waals surface area contributed by atoms with Crippen molar-refractivity contribution in [2.45, 2.75) is 47.5 Å². The monoisotopic (exact) mass is 331 g/mol. The fraction of sp³-hybridized carbons (Fsp3) is 0.375. The summed E-state index contributed by atoms with van der Waals surface area (Å²) in [6.07, 6.45) is 4.45. The lowest BCUT2D eigenvalue weighted by atomic mass is 9.87. The van der Waals surface area contributed by atoms with Crippen molar-refractivity contribution < 1.29 is 0 Å². The topological polar surface area (TPSA) is 12.4 Å². The summed E-state index contributed by atoms with van der Waals surface area (Å²) in [4.78, 5) is 4.74. The highest BCUT2D eigenvalue weighted by molar-refractivity contribution is 6.05. The molecule has 0 radical (unpaired) electrons. The molecule has 0 amide bonds. The van der Waals surface area contributed by atoms with E-state index < -0.39 is 0 Å². The summed E-state index contributed by atoms with van der Waals surface area (Å²) in [5.74, 6) is 0.476. The second-order valence-corrected chi connectivity index (χ2v) is 7.21. The Labute approximate surface area is 152 Å². The first kappa shape index (κ1) is 17.7. The number of aliphatic imine (C=N–C) groups is 1. The minimum Gasteiger partial charge on any atom is -0.293 e. The summed E-state index contributed by atoms with van der Waals surface area (Å²) in [6, 6.07) is 13.2. The van der Waals surface area contributed by atoms with Gasteiger partial charge < -0.3 is 0 Å². The minimum absolute atomic E-state index is 0.476. The molecule has 0 spiro atoms. The maximum atomic E-state index is 4.74. The Hall–Kier alpha value is -2.15. The van der Waals surface area contributed by atoms with Gasteiger partial charge >= 0.3 is 0 Å². The summed E-state index contributed by atoms with van der Waals surface area (Å²) in [5, 5.41) is 2.59. The summed E-state index contributed by atoms with van der Waals surface area (Å²) < 4.78 is 0. The Kier molecular flexibility index (Phi) is 5.22. The molecule has 0 aromatic heterocycles. The molecule has 1 unspecified atom stereocenters. The first-order chi connectivity index (χ1) is 12.1. The van der Waals surface area contributed by atoms with Gasteiger partial charge in [0.2, 0.25) is 0 Å². The number of nitrogens with zero attached hydrogens (tertiary/aromatic N) is 1. The molecule has 0 saturated carbocycles. The lowest BCUT2D eigenvalue weighted by Gasteiger charge is -2.17. The van der Waals surface area contributed by atoms with Gasteiger partial charge in [-0.1, -0.05) is 62.2 Å². The van der Waals surface area contributed by atoms with Crippen LogP contribution in [0.25, 0.3) is 16.3 Å². The van der Waals surface area contributed by atoms with Crippen LogP contribution in [0, 0.1) is 5.92 Å². The highest BCUT2D eigenvalue weighted by Crippen LogP contribution is 2.44. The van der Waals surface area contributed by atoms with Gasteiger partial charge in [-0.3, -0.25) is 4.99 Å². The highest BCUT2D eigenvalue weighted by Gasteiger charge is 2.26. The molecule has 25 heavy (non-hydrogen) atoms. The van der Waals surface area contributed by atoms with E-state index >= 15 is 0 Å². The third-order valence-corrected chi connectivity index (χ3v) is 5.76. The van der Waals surface area contributed by atoms with Crippen molar-refractivity contribution in [1.82, 2.24) is 0 Å². The van der Waals surface area contributed by atoms with E-state index in [9.17, 15) is 0 Å². The third-order valence-electron chi connectivity index (χ3n) is 5.76. The quantitative estimate of drug-likeness (QED) is 0.421. The summed E-state index contributed by atoms with van der Waals surface area (Å²) in [7, 11) is 0. The van der Waals surface area contributed by atoms with Gasteiger partial charge in [0.15, 0.2) is 0 Å². The van der Waals surface area contributed by atoms with Crippen LogP contribution in [0.15, 0.2) is 58.1 Å². The zero-order chi connectivity index (χ0) is 18.0. The van der Waals surface area contributed by atoms with Crippen molar-refractivity contribution in [2.75, 3.05) is 6.54 Å². The lowest BCUT2D eigenvalue weighted by Crippen LogP contribution is -2.02. The summed E-state index contributed by atoms with van der Waals surface area (Å²) in [6.45, 7) is 12.2. The van der Waals surface area contributed by atoms with Gasteiger partial charge in [0, 0.05) is 24.2 Å². The molecule has 2 aromatic rings. The van der Waals surface area contributed by atoms with E-state index in [1.54, 1.807) is 0 Å². The van der Waals surface area contributed by atoms with Crippen LogP contribution in [0.1, 0.15) is 58.6 Å². The van der Waals surface area contributed by atoms with Crippen LogP contribution in [0.4, 0.5) is 0 Å². The Balaban J connectivity index is 2.17. The summed E-state index contributed by atoms with van der Waals surface area (Å²) >= 11 is 0. The van der Waals surface area contributed by atoms with Crippen LogP contribution >= 0.6 is 0 Å². The number of benzene rings is 2. The molecule has 1 atom stereocenters. The number of hydrogen-bond acceptors (Lipinski definition) is 1. The third kappa shape index (κ3) is 3.20. The zero-order valence-corrected chi connectivity index (χ0v) is 16.2. The van der Waals surface area contributed by atoms with Crippen LogP contribution in [0.5, 0.6) is 0 Å². The van der Waals surface area contributed by atoms with E-state index in [0.29, 0.717) is 5.92 Å². The molecule has 3 rings (SSSR count). The smallest absolute Gasteiger partial charge is 0.0389 e. The van der Waals surface area contributed by atoms with Gasteiger partial charge in [0.05, 0.1) is 0 Å². The fourth-order valence-electron chi connectivity index (χ4n) is 3.87. The lowest BCUT2D eigenvalue weighted by molar-refractivity contribution is 0.810. The maximum Gasteiger partial charge on any atom is 0.0389 e. The largest absolute Gasteiger partial charge is 0.293 e. The molecule has 0 heterocycles. The number of allylic oxidation sites excluding steroid dienone is 4. The van der Waals surface area contributed by atoms with Gasteiger partial charge in [-0.15, -0.1) is 0 Å². The molecule has 2 aromatic carbocycles. The van der Waals surface area contributed by atoms with Crippen molar-refractivity contribution in [3.63, 3.8) is 0 Å². The van der Waals surface area contributed by atoms with E-state index in [1.807, 2.05) is 0 Å². The fourth-order valence-corrected chi connectivity index (χ4v) is 3.87. The standard InChI is InChI=1S/C24H29N/c1-6-7-14-25-15-23-21-11-9-8-10-20(21)12-13-22(23)24-18(4)16(2)17(3)19(24)5/h8-13,15,18H,6-7,14H2,1-5H3. The molecule has 130 valence electrons. The van der Waals surface area contributed by atoms with E-state index in [4.69, 9.17) is 4.99 Å². The van der Waals surface area contributed by atoms with Crippen molar-refractivity contribution in [3.05, 3.63) is 64.2 Å². The van der Waals surface area contributed by atoms with Crippen LogP contribution in [0.3, 0.4) is 0 Å². The molecule has 1 heteroatoms. The van der Waals surface area contributed by atoms with Gasteiger partial charge in [-0.2, -0.15) is 0 Å². The Morgan fingerprint density at radius 1 is 1.00 bits per heavy atom. The Morgan fingerprint density at radius 2 is 1.76 bits per heavy atom. The average molecular weight is 332 g/mol. The number of fused-ring (bicyclic) bond motifs is 1. The molecule has 0 N–H and O–H groups in total. The number of hydrogen-bond donors (Lipinski definition) is 0. The molecule has 0 fully saturated rings. The molecule has 1 aliphatic carbocycles. The second kappa shape index (κ2) is 7.39. The second-order valence-electron chi connectivity index (χ2n) is 7.21. The molecular formula is C24H29N. The molecule has 1 aliphatic rings. The molecule has 0 aliphatic heterocycles. The number of unbranched alkanes of at least 4 members (excludes halogenated alkanes) is 1. The van der Waals surface area contributed by atoms with E-state index in [1.165, 1.54) is 50.6 Å². The molecule has 1 nitrogen and oxygen atoms in total. The van der Waals surface area contributed by atoms with Gasteiger partial charge in [0.1, 0.15) is 0 Å². The van der Waals surface area contributed by atoms with Crippen molar-refractivity contribution >= 4 is 22.6 Å². The van der Waals surface area contributed by atoms with E-state index in [0.717, 1.165) is 13.0 Å². The predicted octanol–water partition coefficient (Wildman–Crippen LogP) is 6.82. The average Bonchev–Trinajstić information content (AvgIpc) is 2.82. The normalized spacial score (nSPS) is 18.2. The maximum absolute atomic E-state index is 4.74. The van der Waals surface area contributed by atoms with E-state index in [-0.39, 0.29) is 0 Å². The van der Waals surface area contributed by atoms with Crippen LogP contribution in [-0.4, -0.2) is 12.8 Å². The predicted molar refractivity (Wildman–Crippen MR) is 111 cm³/mol. The SMILES string of the molecule is CCCCN=Cc1c(C2=C(C)C(C)=C(C)C2C)ccc2ccccc12. The minimum atomic E-state index is 0.476. The summed E-state index contributed by atoms with van der Waals surface area (Å²) in [5.41, 5.74) is 8.47.